The van der Waals surface area contributed by atoms with Crippen molar-refractivity contribution in [2.24, 2.45) is 11.3 Å². The molecule has 2 rings (SSSR count). The molecule has 20 heavy (non-hydrogen) atoms. The van der Waals surface area contributed by atoms with E-state index in [1.807, 2.05) is 32.6 Å². The van der Waals surface area contributed by atoms with E-state index >= 15 is 0 Å². The molecule has 0 radical (unpaired) electrons. The number of nitrogens with zero attached hydrogens (tertiary/aromatic N) is 1. The lowest BCUT2D eigenvalue weighted by Crippen LogP contribution is -2.68. The fraction of sp³-hybridized carbons (Fsp3) is 0.875. The summed E-state index contributed by atoms with van der Waals surface area (Å²) in [4.78, 5) is 27.0. The normalized spacial score (nSPS) is 36.0. The highest BCUT2D eigenvalue weighted by molar-refractivity contribution is 5.97. The Morgan fingerprint density at radius 2 is 1.70 bits per heavy atom. The van der Waals surface area contributed by atoms with Gasteiger partial charge in [0.25, 0.3) is 0 Å². The summed E-state index contributed by atoms with van der Waals surface area (Å²) in [5.41, 5.74) is -0.247. The Labute approximate surface area is 122 Å². The van der Waals surface area contributed by atoms with Crippen LogP contribution in [0, 0.1) is 11.3 Å². The Morgan fingerprint density at radius 1 is 1.10 bits per heavy atom. The maximum atomic E-state index is 12.9. The second kappa shape index (κ2) is 5.38. The Bertz CT molecular complexity index is 400. The fourth-order valence-electron chi connectivity index (χ4n) is 3.54. The van der Waals surface area contributed by atoms with Crippen molar-refractivity contribution < 1.29 is 9.59 Å². The molecule has 1 aliphatic heterocycles. The second-order valence-electron chi connectivity index (χ2n) is 7.56. The lowest BCUT2D eigenvalue weighted by molar-refractivity contribution is -0.156. The molecule has 1 heterocycles. The van der Waals surface area contributed by atoms with Crippen molar-refractivity contribution in [1.29, 1.82) is 0 Å². The zero-order valence-corrected chi connectivity index (χ0v) is 13.4. The highest BCUT2D eigenvalue weighted by atomic mass is 16.2. The van der Waals surface area contributed by atoms with Gasteiger partial charge < -0.3 is 10.2 Å². The van der Waals surface area contributed by atoms with Gasteiger partial charge in [-0.15, -0.1) is 0 Å². The molecule has 0 bridgehead atoms. The quantitative estimate of drug-likeness (QED) is 0.801. The molecular formula is C16H28N2O2. The number of rotatable bonds is 1. The van der Waals surface area contributed by atoms with E-state index in [2.05, 4.69) is 12.2 Å². The zero-order chi connectivity index (χ0) is 15.1. The van der Waals surface area contributed by atoms with Crippen LogP contribution in [0.2, 0.25) is 0 Å². The predicted molar refractivity (Wildman–Crippen MR) is 79.1 cm³/mol. The number of piperazine rings is 1. The molecule has 0 aromatic heterocycles. The Morgan fingerprint density at radius 3 is 2.25 bits per heavy atom. The lowest BCUT2D eigenvalue weighted by Gasteiger charge is -2.48. The zero-order valence-electron chi connectivity index (χ0n) is 13.4. The molecule has 2 amide bonds. The van der Waals surface area contributed by atoms with E-state index < -0.39 is 6.04 Å². The average Bonchev–Trinajstić information content (AvgIpc) is 2.35. The molecule has 1 saturated heterocycles. The minimum atomic E-state index is -0.402. The first-order chi connectivity index (χ1) is 9.23. The predicted octanol–water partition coefficient (Wildman–Crippen LogP) is 2.33. The van der Waals surface area contributed by atoms with Crippen molar-refractivity contribution in [3.8, 4) is 0 Å². The average molecular weight is 280 g/mol. The van der Waals surface area contributed by atoms with Gasteiger partial charge >= 0.3 is 0 Å². The largest absolute Gasteiger partial charge is 0.342 e. The van der Waals surface area contributed by atoms with E-state index in [-0.39, 0.29) is 29.3 Å². The van der Waals surface area contributed by atoms with E-state index in [1.54, 1.807) is 0 Å². The van der Waals surface area contributed by atoms with Gasteiger partial charge in [-0.1, -0.05) is 40.5 Å². The third-order valence-electron chi connectivity index (χ3n) is 4.87. The Hall–Kier alpha value is -1.06. The topological polar surface area (TPSA) is 49.4 Å². The maximum Gasteiger partial charge on any atom is 0.246 e. The monoisotopic (exact) mass is 280 g/mol. The molecule has 0 aromatic carbocycles. The number of carbonyl (C=O) groups excluding carboxylic acids is 2. The van der Waals surface area contributed by atoms with Crippen molar-refractivity contribution in [2.45, 2.75) is 78.4 Å². The van der Waals surface area contributed by atoms with Crippen molar-refractivity contribution in [3.63, 3.8) is 0 Å². The molecule has 4 unspecified atom stereocenters. The van der Waals surface area contributed by atoms with Gasteiger partial charge in [0.15, 0.2) is 0 Å². The third kappa shape index (κ3) is 2.70. The molecule has 1 saturated carbocycles. The van der Waals surface area contributed by atoms with E-state index in [9.17, 15) is 9.59 Å². The van der Waals surface area contributed by atoms with Crippen LogP contribution in [0.25, 0.3) is 0 Å². The minimum absolute atomic E-state index is 0.0118. The van der Waals surface area contributed by atoms with Gasteiger partial charge in [0.05, 0.1) is 0 Å². The van der Waals surface area contributed by atoms with Crippen LogP contribution in [0.1, 0.15) is 60.3 Å². The SMILES string of the molecule is CC1CCCCC1N1C(=O)C(C(C)(C)C)NC(=O)C1C. The number of carbonyl (C=O) groups is 2. The summed E-state index contributed by atoms with van der Waals surface area (Å²) in [6, 6.07) is -0.519. The lowest BCUT2D eigenvalue weighted by atomic mass is 9.80. The molecule has 1 N–H and O–H groups in total. The van der Waals surface area contributed by atoms with Crippen LogP contribution in [0.5, 0.6) is 0 Å². The van der Waals surface area contributed by atoms with E-state index in [0.717, 1.165) is 19.3 Å². The van der Waals surface area contributed by atoms with Crippen molar-refractivity contribution in [1.82, 2.24) is 10.2 Å². The highest BCUT2D eigenvalue weighted by Gasteiger charge is 2.47. The summed E-state index contributed by atoms with van der Waals surface area (Å²) in [6.07, 6.45) is 4.58. The van der Waals surface area contributed by atoms with Crippen LogP contribution < -0.4 is 5.32 Å². The first-order valence-electron chi connectivity index (χ1n) is 7.86. The molecule has 2 fully saturated rings. The Kier molecular flexibility index (Phi) is 4.12. The standard InChI is InChI=1S/C16H28N2O2/c1-10-8-6-7-9-12(10)18-11(2)14(19)17-13(15(18)20)16(3,4)5/h10-13H,6-9H2,1-5H3,(H,17,19). The van der Waals surface area contributed by atoms with E-state index in [0.29, 0.717) is 5.92 Å². The summed E-state index contributed by atoms with van der Waals surface area (Å²) in [7, 11) is 0. The van der Waals surface area contributed by atoms with Crippen molar-refractivity contribution in [3.05, 3.63) is 0 Å². The van der Waals surface area contributed by atoms with Gasteiger partial charge in [-0.25, -0.2) is 0 Å². The maximum absolute atomic E-state index is 12.9. The first kappa shape index (κ1) is 15.3. The molecule has 1 aliphatic carbocycles. The summed E-state index contributed by atoms with van der Waals surface area (Å²) in [6.45, 7) is 10.1. The smallest absolute Gasteiger partial charge is 0.246 e. The van der Waals surface area contributed by atoms with Crippen LogP contribution in [-0.2, 0) is 9.59 Å². The molecule has 4 atom stereocenters. The molecule has 0 spiro atoms. The molecule has 114 valence electrons. The number of nitrogens with one attached hydrogen (secondary N) is 1. The van der Waals surface area contributed by atoms with Gasteiger partial charge in [-0.2, -0.15) is 0 Å². The number of hydrogen-bond acceptors (Lipinski definition) is 2. The number of amides is 2. The summed E-state index contributed by atoms with van der Waals surface area (Å²) >= 11 is 0. The number of hydrogen-bond donors (Lipinski definition) is 1. The van der Waals surface area contributed by atoms with E-state index in [4.69, 9.17) is 0 Å². The van der Waals surface area contributed by atoms with Crippen LogP contribution in [0.15, 0.2) is 0 Å². The molecule has 0 aromatic rings. The molecule has 2 aliphatic rings. The fourth-order valence-corrected chi connectivity index (χ4v) is 3.54. The Balaban J connectivity index is 2.28. The van der Waals surface area contributed by atoms with Crippen molar-refractivity contribution >= 4 is 11.8 Å². The van der Waals surface area contributed by atoms with E-state index in [1.165, 1.54) is 6.42 Å². The van der Waals surface area contributed by atoms with Crippen LogP contribution in [0.3, 0.4) is 0 Å². The molecule has 4 nitrogen and oxygen atoms in total. The first-order valence-corrected chi connectivity index (χ1v) is 7.86. The second-order valence-corrected chi connectivity index (χ2v) is 7.56. The van der Waals surface area contributed by atoms with Gasteiger partial charge in [0.2, 0.25) is 11.8 Å². The van der Waals surface area contributed by atoms with Gasteiger partial charge in [0, 0.05) is 6.04 Å². The third-order valence-corrected chi connectivity index (χ3v) is 4.87. The molecule has 4 heteroatoms. The van der Waals surface area contributed by atoms with Crippen LogP contribution in [0.4, 0.5) is 0 Å². The van der Waals surface area contributed by atoms with Gasteiger partial charge in [0.1, 0.15) is 12.1 Å². The summed E-state index contributed by atoms with van der Waals surface area (Å²) in [5.74, 6) is 0.576. The van der Waals surface area contributed by atoms with Crippen LogP contribution >= 0.6 is 0 Å². The summed E-state index contributed by atoms with van der Waals surface area (Å²) < 4.78 is 0. The highest BCUT2D eigenvalue weighted by Crippen LogP contribution is 2.33. The minimum Gasteiger partial charge on any atom is -0.342 e. The van der Waals surface area contributed by atoms with Crippen LogP contribution in [-0.4, -0.2) is 34.8 Å². The van der Waals surface area contributed by atoms with Crippen molar-refractivity contribution in [2.75, 3.05) is 0 Å². The van der Waals surface area contributed by atoms with Gasteiger partial charge in [-0.3, -0.25) is 9.59 Å². The van der Waals surface area contributed by atoms with Gasteiger partial charge in [-0.05, 0) is 31.1 Å². The molecular weight excluding hydrogens is 252 g/mol. The summed E-state index contributed by atoms with van der Waals surface area (Å²) in [5, 5.41) is 2.91.